The molecule has 1 saturated carbocycles. The molecule has 0 aromatic rings. The van der Waals surface area contributed by atoms with Crippen LogP contribution >= 0.6 is 0 Å². The summed E-state index contributed by atoms with van der Waals surface area (Å²) in [6, 6.07) is 0. The minimum Gasteiger partial charge on any atom is -0.0801 e. The summed E-state index contributed by atoms with van der Waals surface area (Å²) in [7, 11) is 0. The van der Waals surface area contributed by atoms with Crippen molar-refractivity contribution in [3.63, 3.8) is 0 Å². The van der Waals surface area contributed by atoms with E-state index in [4.69, 9.17) is 0 Å². The van der Waals surface area contributed by atoms with Gasteiger partial charge in [-0.05, 0) is 42.7 Å². The van der Waals surface area contributed by atoms with E-state index in [0.29, 0.717) is 0 Å². The molecule has 0 aliphatic heterocycles. The standard InChI is InChI=1S/C14H16/c1-2-6-12-10-14-8-4-3-7-13(14)9-11(12)5-1/h1-2,5,9-10,14H,3-4,6-8H2. The molecule has 3 aliphatic rings. The number of hydrogen-bond donors (Lipinski definition) is 0. The Balaban J connectivity index is 1.98. The second-order valence-electron chi connectivity index (χ2n) is 4.52. The fourth-order valence-electron chi connectivity index (χ4n) is 2.77. The highest BCUT2D eigenvalue weighted by Crippen LogP contribution is 2.38. The number of allylic oxidation sites excluding steroid dienone is 8. The van der Waals surface area contributed by atoms with Gasteiger partial charge < -0.3 is 0 Å². The van der Waals surface area contributed by atoms with Crippen LogP contribution in [0.3, 0.4) is 0 Å². The highest BCUT2D eigenvalue weighted by molar-refractivity contribution is 5.51. The molecular formula is C14H16. The third-order valence-electron chi connectivity index (χ3n) is 3.57. The molecule has 1 fully saturated rings. The Morgan fingerprint density at radius 2 is 2.21 bits per heavy atom. The van der Waals surface area contributed by atoms with Gasteiger partial charge in [0.1, 0.15) is 0 Å². The van der Waals surface area contributed by atoms with Crippen LogP contribution in [0.5, 0.6) is 0 Å². The van der Waals surface area contributed by atoms with Gasteiger partial charge in [0.2, 0.25) is 0 Å². The van der Waals surface area contributed by atoms with Crippen molar-refractivity contribution in [2.24, 2.45) is 5.92 Å². The lowest BCUT2D eigenvalue weighted by Gasteiger charge is -2.29. The highest BCUT2D eigenvalue weighted by Gasteiger charge is 2.22. The zero-order valence-electron chi connectivity index (χ0n) is 8.50. The van der Waals surface area contributed by atoms with Crippen molar-refractivity contribution < 1.29 is 0 Å². The summed E-state index contributed by atoms with van der Waals surface area (Å²) in [5.74, 6) is 0.780. The Labute approximate surface area is 85.7 Å². The summed E-state index contributed by atoms with van der Waals surface area (Å²) in [6.07, 6.45) is 18.3. The quantitative estimate of drug-likeness (QED) is 0.535. The average molecular weight is 184 g/mol. The van der Waals surface area contributed by atoms with E-state index >= 15 is 0 Å². The number of rotatable bonds is 0. The van der Waals surface area contributed by atoms with Crippen molar-refractivity contribution in [3.05, 3.63) is 47.1 Å². The SMILES string of the molecule is C1=CCC2=CC3CCCCC3=CC2=C1. The second-order valence-corrected chi connectivity index (χ2v) is 4.52. The van der Waals surface area contributed by atoms with Crippen LogP contribution in [0.15, 0.2) is 47.1 Å². The molecule has 14 heavy (non-hydrogen) atoms. The van der Waals surface area contributed by atoms with Crippen molar-refractivity contribution in [2.45, 2.75) is 32.1 Å². The third-order valence-corrected chi connectivity index (χ3v) is 3.57. The van der Waals surface area contributed by atoms with Crippen LogP contribution in [0.4, 0.5) is 0 Å². The van der Waals surface area contributed by atoms with E-state index in [1.54, 1.807) is 11.1 Å². The van der Waals surface area contributed by atoms with Gasteiger partial charge in [-0.15, -0.1) is 0 Å². The van der Waals surface area contributed by atoms with Crippen LogP contribution in [0, 0.1) is 5.92 Å². The Morgan fingerprint density at radius 1 is 1.21 bits per heavy atom. The second kappa shape index (κ2) is 3.27. The third kappa shape index (κ3) is 1.30. The molecular weight excluding hydrogens is 168 g/mol. The monoisotopic (exact) mass is 184 g/mol. The predicted molar refractivity (Wildman–Crippen MR) is 60.0 cm³/mol. The van der Waals surface area contributed by atoms with Gasteiger partial charge in [0.25, 0.3) is 0 Å². The number of fused-ring (bicyclic) bond motifs is 2. The van der Waals surface area contributed by atoms with Gasteiger partial charge in [-0.1, -0.05) is 42.4 Å². The molecule has 0 spiro atoms. The van der Waals surface area contributed by atoms with E-state index in [1.807, 2.05) is 0 Å². The molecule has 0 aromatic heterocycles. The highest BCUT2D eigenvalue weighted by atomic mass is 14.3. The molecule has 0 aromatic carbocycles. The predicted octanol–water partition coefficient (Wildman–Crippen LogP) is 3.93. The van der Waals surface area contributed by atoms with Gasteiger partial charge in [-0.3, -0.25) is 0 Å². The molecule has 0 heteroatoms. The molecule has 0 radical (unpaired) electrons. The Hall–Kier alpha value is -1.04. The van der Waals surface area contributed by atoms with Crippen LogP contribution in [-0.2, 0) is 0 Å². The first kappa shape index (κ1) is 8.28. The van der Waals surface area contributed by atoms with Crippen molar-refractivity contribution in [1.82, 2.24) is 0 Å². The summed E-state index contributed by atoms with van der Waals surface area (Å²) in [5.41, 5.74) is 4.71. The summed E-state index contributed by atoms with van der Waals surface area (Å²) < 4.78 is 0. The molecule has 0 heterocycles. The van der Waals surface area contributed by atoms with Gasteiger partial charge >= 0.3 is 0 Å². The average Bonchev–Trinajstić information content (AvgIpc) is 2.26. The van der Waals surface area contributed by atoms with Crippen LogP contribution in [0.25, 0.3) is 0 Å². The topological polar surface area (TPSA) is 0 Å². The number of hydrogen-bond acceptors (Lipinski definition) is 0. The van der Waals surface area contributed by atoms with Crippen molar-refractivity contribution in [2.75, 3.05) is 0 Å². The lowest BCUT2D eigenvalue weighted by Crippen LogP contribution is -2.13. The summed E-state index contributed by atoms with van der Waals surface area (Å²) >= 11 is 0. The first-order valence-electron chi connectivity index (χ1n) is 5.72. The Kier molecular flexibility index (Phi) is 1.93. The molecule has 0 N–H and O–H groups in total. The van der Waals surface area contributed by atoms with Gasteiger partial charge in [0, 0.05) is 0 Å². The van der Waals surface area contributed by atoms with E-state index < -0.39 is 0 Å². The van der Waals surface area contributed by atoms with Gasteiger partial charge in [0.05, 0.1) is 0 Å². The Morgan fingerprint density at radius 3 is 3.21 bits per heavy atom. The lowest BCUT2D eigenvalue weighted by molar-refractivity contribution is 0.513. The molecule has 0 amide bonds. The molecule has 3 rings (SSSR count). The molecule has 72 valence electrons. The molecule has 0 nitrogen and oxygen atoms in total. The van der Waals surface area contributed by atoms with E-state index in [9.17, 15) is 0 Å². The molecule has 3 aliphatic carbocycles. The maximum absolute atomic E-state index is 2.52. The van der Waals surface area contributed by atoms with Crippen molar-refractivity contribution in [3.8, 4) is 0 Å². The zero-order chi connectivity index (χ0) is 9.38. The van der Waals surface area contributed by atoms with Crippen LogP contribution in [0.1, 0.15) is 32.1 Å². The van der Waals surface area contributed by atoms with E-state index in [2.05, 4.69) is 30.4 Å². The molecule has 1 unspecified atom stereocenters. The van der Waals surface area contributed by atoms with Crippen LogP contribution in [0.2, 0.25) is 0 Å². The van der Waals surface area contributed by atoms with Gasteiger partial charge in [-0.2, -0.15) is 0 Å². The zero-order valence-corrected chi connectivity index (χ0v) is 8.50. The molecule has 0 bridgehead atoms. The normalized spacial score (nSPS) is 29.7. The minimum atomic E-state index is 0.780. The van der Waals surface area contributed by atoms with Crippen molar-refractivity contribution >= 4 is 0 Å². The van der Waals surface area contributed by atoms with Crippen LogP contribution < -0.4 is 0 Å². The first-order valence-corrected chi connectivity index (χ1v) is 5.72. The summed E-state index contributed by atoms with van der Waals surface area (Å²) in [6.45, 7) is 0. The fourth-order valence-corrected chi connectivity index (χ4v) is 2.77. The first-order chi connectivity index (χ1) is 6.93. The summed E-state index contributed by atoms with van der Waals surface area (Å²) in [4.78, 5) is 0. The van der Waals surface area contributed by atoms with Crippen LogP contribution in [-0.4, -0.2) is 0 Å². The summed E-state index contributed by atoms with van der Waals surface area (Å²) in [5, 5.41) is 0. The maximum atomic E-state index is 2.52. The largest absolute Gasteiger partial charge is 0.0801 e. The Bertz CT molecular complexity index is 363. The molecule has 1 atom stereocenters. The minimum absolute atomic E-state index is 0.780. The van der Waals surface area contributed by atoms with E-state index in [1.165, 1.54) is 31.3 Å². The van der Waals surface area contributed by atoms with E-state index in [0.717, 1.165) is 12.3 Å². The molecule has 0 saturated heterocycles. The maximum Gasteiger partial charge on any atom is -0.00138 e. The van der Waals surface area contributed by atoms with Crippen molar-refractivity contribution in [1.29, 1.82) is 0 Å². The van der Waals surface area contributed by atoms with Gasteiger partial charge in [-0.25, -0.2) is 0 Å². The smallest absolute Gasteiger partial charge is 0.00138 e. The lowest BCUT2D eigenvalue weighted by atomic mass is 9.76. The van der Waals surface area contributed by atoms with Gasteiger partial charge in [0.15, 0.2) is 0 Å². The van der Waals surface area contributed by atoms with E-state index in [-0.39, 0.29) is 0 Å². The fraction of sp³-hybridized carbons (Fsp3) is 0.429.